The van der Waals surface area contributed by atoms with Gasteiger partial charge in [0.2, 0.25) is 0 Å². The smallest absolute Gasteiger partial charge is 0.148 e. The molecule has 0 radical (unpaired) electrons. The molecule has 0 atom stereocenters. The number of hydrogen-bond acceptors (Lipinski definition) is 3. The maximum absolute atomic E-state index is 6.51. The maximum Gasteiger partial charge on any atom is 0.148 e. The Hall–Kier alpha value is -1.81. The molecule has 1 aliphatic heterocycles. The number of anilines is 1. The van der Waals surface area contributed by atoms with E-state index < -0.39 is 0 Å². The number of aromatic nitrogens is 1. The summed E-state index contributed by atoms with van der Waals surface area (Å²) in [5.74, 6) is 0.896. The van der Waals surface area contributed by atoms with Gasteiger partial charge in [0.05, 0.1) is 10.5 Å². The Morgan fingerprint density at radius 3 is 2.42 bits per heavy atom. The van der Waals surface area contributed by atoms with E-state index in [0.717, 1.165) is 47.9 Å². The lowest BCUT2D eigenvalue weighted by Gasteiger charge is -2.29. The number of benzene rings is 2. The molecule has 24 heavy (non-hydrogen) atoms. The molecule has 3 aromatic rings. The number of rotatable bonds is 2. The molecule has 1 aliphatic rings. The van der Waals surface area contributed by atoms with Gasteiger partial charge in [-0.1, -0.05) is 48.0 Å². The topological polar surface area (TPSA) is 28.2 Å². The van der Waals surface area contributed by atoms with Crippen molar-refractivity contribution >= 4 is 40.7 Å². The summed E-state index contributed by atoms with van der Waals surface area (Å²) in [6.07, 6.45) is 0. The van der Waals surface area contributed by atoms with Crippen molar-refractivity contribution < 1.29 is 0 Å². The summed E-state index contributed by atoms with van der Waals surface area (Å²) in [6, 6.07) is 18.8. The van der Waals surface area contributed by atoms with Crippen LogP contribution in [0.5, 0.6) is 0 Å². The van der Waals surface area contributed by atoms with Crippen LogP contribution in [0.2, 0.25) is 5.02 Å². The second kappa shape index (κ2) is 7.39. The van der Waals surface area contributed by atoms with Gasteiger partial charge in [-0.15, -0.1) is 12.4 Å². The fraction of sp³-hybridized carbons (Fsp3) is 0.211. The zero-order valence-electron chi connectivity index (χ0n) is 13.2. The van der Waals surface area contributed by atoms with Gasteiger partial charge in [-0.05, 0) is 29.3 Å². The number of pyridine rings is 1. The molecular weight excluding hydrogens is 341 g/mol. The average Bonchev–Trinajstić information content (AvgIpc) is 2.62. The summed E-state index contributed by atoms with van der Waals surface area (Å²) in [6.45, 7) is 3.84. The second-order valence-corrected chi connectivity index (χ2v) is 6.21. The molecular formula is C19H19Cl2N3. The molecule has 124 valence electrons. The molecule has 0 amide bonds. The highest BCUT2D eigenvalue weighted by atomic mass is 35.5. The molecule has 0 unspecified atom stereocenters. The first-order valence-corrected chi connectivity index (χ1v) is 8.30. The van der Waals surface area contributed by atoms with Gasteiger partial charge in [0.25, 0.3) is 0 Å². The first-order valence-electron chi connectivity index (χ1n) is 7.93. The lowest BCUT2D eigenvalue weighted by atomic mass is 10.0. The lowest BCUT2D eigenvalue weighted by Crippen LogP contribution is -2.44. The molecule has 0 aliphatic carbocycles. The first-order chi connectivity index (χ1) is 11.3. The molecule has 2 aromatic carbocycles. The molecule has 1 saturated heterocycles. The van der Waals surface area contributed by atoms with Crippen LogP contribution in [0.3, 0.4) is 0 Å². The van der Waals surface area contributed by atoms with Gasteiger partial charge in [-0.25, -0.2) is 4.98 Å². The van der Waals surface area contributed by atoms with Gasteiger partial charge in [0.1, 0.15) is 5.82 Å². The average molecular weight is 360 g/mol. The minimum absolute atomic E-state index is 0. The molecule has 0 bridgehead atoms. The van der Waals surface area contributed by atoms with Crippen LogP contribution in [0, 0.1) is 0 Å². The molecule has 1 fully saturated rings. The van der Waals surface area contributed by atoms with E-state index in [9.17, 15) is 0 Å². The van der Waals surface area contributed by atoms with Crippen molar-refractivity contribution in [2.24, 2.45) is 0 Å². The van der Waals surface area contributed by atoms with Crippen LogP contribution >= 0.6 is 24.0 Å². The highest BCUT2D eigenvalue weighted by Gasteiger charge is 2.16. The largest absolute Gasteiger partial charge is 0.353 e. The van der Waals surface area contributed by atoms with E-state index in [4.69, 9.17) is 16.6 Å². The molecule has 0 spiro atoms. The molecule has 5 heteroatoms. The summed E-state index contributed by atoms with van der Waals surface area (Å²) in [5, 5.41) is 5.16. The highest BCUT2D eigenvalue weighted by molar-refractivity contribution is 6.33. The Bertz CT molecular complexity index is 831. The Kier molecular flexibility index (Phi) is 5.24. The zero-order valence-corrected chi connectivity index (χ0v) is 14.8. The van der Waals surface area contributed by atoms with Crippen LogP contribution < -0.4 is 10.2 Å². The van der Waals surface area contributed by atoms with Gasteiger partial charge < -0.3 is 10.2 Å². The number of halogens is 2. The third kappa shape index (κ3) is 3.34. The van der Waals surface area contributed by atoms with E-state index in [1.807, 2.05) is 12.1 Å². The minimum atomic E-state index is 0. The Labute approximate surface area is 153 Å². The van der Waals surface area contributed by atoms with Crippen LogP contribution in [0.15, 0.2) is 54.6 Å². The molecule has 0 saturated carbocycles. The van der Waals surface area contributed by atoms with Crippen molar-refractivity contribution in [3.05, 3.63) is 59.6 Å². The number of piperazine rings is 1. The molecule has 2 heterocycles. The zero-order chi connectivity index (χ0) is 15.6. The van der Waals surface area contributed by atoms with Crippen LogP contribution in [-0.2, 0) is 0 Å². The summed E-state index contributed by atoms with van der Waals surface area (Å²) >= 11 is 6.51. The van der Waals surface area contributed by atoms with Crippen molar-refractivity contribution in [1.82, 2.24) is 10.3 Å². The Morgan fingerprint density at radius 1 is 0.917 bits per heavy atom. The third-order valence-corrected chi connectivity index (χ3v) is 4.55. The number of nitrogens with zero attached hydrogens (tertiary/aromatic N) is 2. The third-order valence-electron chi connectivity index (χ3n) is 4.27. The number of fused-ring (bicyclic) bond motifs is 1. The molecule has 3 nitrogen and oxygen atoms in total. The van der Waals surface area contributed by atoms with Gasteiger partial charge in [-0.3, -0.25) is 0 Å². The SMILES string of the molecule is Cl.Clc1cc2cc(-c3ccccc3)ccc2nc1N1CCNCC1. The van der Waals surface area contributed by atoms with Crippen molar-refractivity contribution in [3.8, 4) is 11.1 Å². The summed E-state index contributed by atoms with van der Waals surface area (Å²) < 4.78 is 0. The molecule has 4 rings (SSSR count). The number of hydrogen-bond donors (Lipinski definition) is 1. The first kappa shape index (κ1) is 17.0. The van der Waals surface area contributed by atoms with Crippen molar-refractivity contribution in [1.29, 1.82) is 0 Å². The van der Waals surface area contributed by atoms with Crippen molar-refractivity contribution in [2.45, 2.75) is 0 Å². The predicted molar refractivity (Wildman–Crippen MR) is 105 cm³/mol. The lowest BCUT2D eigenvalue weighted by molar-refractivity contribution is 0.585. The fourth-order valence-corrected chi connectivity index (χ4v) is 3.33. The van der Waals surface area contributed by atoms with E-state index in [-0.39, 0.29) is 12.4 Å². The van der Waals surface area contributed by atoms with Crippen molar-refractivity contribution in [3.63, 3.8) is 0 Å². The van der Waals surface area contributed by atoms with Crippen LogP contribution in [-0.4, -0.2) is 31.2 Å². The van der Waals surface area contributed by atoms with E-state index in [2.05, 4.69) is 52.7 Å². The van der Waals surface area contributed by atoms with Crippen LogP contribution in [0.1, 0.15) is 0 Å². The van der Waals surface area contributed by atoms with E-state index in [1.165, 1.54) is 11.1 Å². The second-order valence-electron chi connectivity index (χ2n) is 5.80. The van der Waals surface area contributed by atoms with Gasteiger partial charge in [-0.2, -0.15) is 0 Å². The molecule has 1 N–H and O–H groups in total. The van der Waals surface area contributed by atoms with Gasteiger partial charge >= 0.3 is 0 Å². The quantitative estimate of drug-likeness (QED) is 0.735. The molecule has 1 aromatic heterocycles. The van der Waals surface area contributed by atoms with E-state index in [1.54, 1.807) is 0 Å². The van der Waals surface area contributed by atoms with Crippen molar-refractivity contribution in [2.75, 3.05) is 31.1 Å². The fourth-order valence-electron chi connectivity index (χ4n) is 3.05. The van der Waals surface area contributed by atoms with Crippen LogP contribution in [0.25, 0.3) is 22.0 Å². The Morgan fingerprint density at radius 2 is 1.67 bits per heavy atom. The summed E-state index contributed by atoms with van der Waals surface area (Å²) in [4.78, 5) is 7.05. The van der Waals surface area contributed by atoms with Gasteiger partial charge in [0.15, 0.2) is 0 Å². The summed E-state index contributed by atoms with van der Waals surface area (Å²) in [5.41, 5.74) is 3.38. The van der Waals surface area contributed by atoms with E-state index >= 15 is 0 Å². The predicted octanol–water partition coefficient (Wildman–Crippen LogP) is 4.39. The number of nitrogens with one attached hydrogen (secondary N) is 1. The monoisotopic (exact) mass is 359 g/mol. The normalized spacial score (nSPS) is 14.5. The summed E-state index contributed by atoms with van der Waals surface area (Å²) in [7, 11) is 0. The minimum Gasteiger partial charge on any atom is -0.353 e. The van der Waals surface area contributed by atoms with Gasteiger partial charge in [0, 0.05) is 31.6 Å². The highest BCUT2D eigenvalue weighted by Crippen LogP contribution is 2.30. The maximum atomic E-state index is 6.51. The van der Waals surface area contributed by atoms with Crippen LogP contribution in [0.4, 0.5) is 5.82 Å². The van der Waals surface area contributed by atoms with E-state index in [0.29, 0.717) is 0 Å². The standard InChI is InChI=1S/C19H18ClN3.ClH/c20-17-13-16-12-15(14-4-2-1-3-5-14)6-7-18(16)22-19(17)23-10-8-21-9-11-23;/h1-7,12-13,21H,8-11H2;1H. The Balaban J connectivity index is 0.00000169.